The highest BCUT2D eigenvalue weighted by Gasteiger charge is 2.67. The van der Waals surface area contributed by atoms with Crippen LogP contribution < -0.4 is 0 Å². The lowest BCUT2D eigenvalue weighted by Gasteiger charge is -2.06. The van der Waals surface area contributed by atoms with E-state index < -0.39 is 0 Å². The predicted octanol–water partition coefficient (Wildman–Crippen LogP) is 4.29. The molecule has 4 rings (SSSR count). The smallest absolute Gasteiger partial charge is 0.176 e. The van der Waals surface area contributed by atoms with Crippen LogP contribution in [0.1, 0.15) is 34.5 Å². The van der Waals surface area contributed by atoms with Gasteiger partial charge in [0.2, 0.25) is 0 Å². The van der Waals surface area contributed by atoms with E-state index in [0.717, 1.165) is 32.3 Å². The quantitative estimate of drug-likeness (QED) is 0.745. The SMILES string of the molecule is Cc1cc(C(=O)C2C3C4CCC(C4)C23)sc1Br. The number of rotatable bonds is 2. The first kappa shape index (κ1) is 10.7. The van der Waals surface area contributed by atoms with Gasteiger partial charge in [0.05, 0.1) is 8.66 Å². The van der Waals surface area contributed by atoms with Gasteiger partial charge in [0.25, 0.3) is 0 Å². The van der Waals surface area contributed by atoms with Crippen molar-refractivity contribution in [2.24, 2.45) is 29.6 Å². The fourth-order valence-electron chi connectivity index (χ4n) is 4.42. The number of Topliss-reactive ketones (excluding diaryl/α,β-unsaturated/α-hetero) is 1. The third-order valence-corrected chi connectivity index (χ3v) is 7.29. The van der Waals surface area contributed by atoms with Crippen molar-refractivity contribution < 1.29 is 4.79 Å². The molecule has 3 heteroatoms. The number of hydrogen-bond acceptors (Lipinski definition) is 2. The van der Waals surface area contributed by atoms with E-state index >= 15 is 0 Å². The van der Waals surface area contributed by atoms with Crippen LogP contribution in [0.15, 0.2) is 9.85 Å². The Kier molecular flexibility index (Phi) is 2.18. The summed E-state index contributed by atoms with van der Waals surface area (Å²) >= 11 is 5.14. The van der Waals surface area contributed by atoms with Crippen LogP contribution in [0.2, 0.25) is 0 Å². The first-order valence-corrected chi connectivity index (χ1v) is 8.08. The Morgan fingerprint density at radius 3 is 2.53 bits per heavy atom. The zero-order chi connectivity index (χ0) is 11.7. The van der Waals surface area contributed by atoms with E-state index in [1.165, 1.54) is 24.8 Å². The Balaban J connectivity index is 1.60. The highest BCUT2D eigenvalue weighted by atomic mass is 79.9. The van der Waals surface area contributed by atoms with Crippen molar-refractivity contribution in [2.45, 2.75) is 26.2 Å². The summed E-state index contributed by atoms with van der Waals surface area (Å²) in [7, 11) is 0. The Morgan fingerprint density at radius 2 is 2.00 bits per heavy atom. The standard InChI is InChI=1S/C14H15BrOS/c1-6-4-9(17-14(6)15)13(16)12-10-7-2-3-8(5-7)11(10)12/h4,7-8,10-12H,2-3,5H2,1H3. The summed E-state index contributed by atoms with van der Waals surface area (Å²) in [5, 5.41) is 0. The van der Waals surface area contributed by atoms with Gasteiger partial charge in [-0.15, -0.1) is 11.3 Å². The monoisotopic (exact) mass is 310 g/mol. The highest BCUT2D eigenvalue weighted by Crippen LogP contribution is 2.70. The number of hydrogen-bond donors (Lipinski definition) is 0. The summed E-state index contributed by atoms with van der Waals surface area (Å²) in [5.41, 5.74) is 1.20. The average Bonchev–Trinajstić information content (AvgIpc) is 2.60. The van der Waals surface area contributed by atoms with Crippen molar-refractivity contribution in [3.05, 3.63) is 20.3 Å². The van der Waals surface area contributed by atoms with Gasteiger partial charge in [-0.3, -0.25) is 4.79 Å². The van der Waals surface area contributed by atoms with Crippen molar-refractivity contribution in [1.82, 2.24) is 0 Å². The predicted molar refractivity (Wildman–Crippen MR) is 72.4 cm³/mol. The van der Waals surface area contributed by atoms with E-state index in [1.807, 2.05) is 0 Å². The lowest BCUT2D eigenvalue weighted by Crippen LogP contribution is -2.08. The number of halogens is 1. The Bertz CT molecular complexity index is 471. The molecule has 0 N–H and O–H groups in total. The van der Waals surface area contributed by atoms with Crippen LogP contribution in [0, 0.1) is 36.5 Å². The number of carbonyl (C=O) groups excluding carboxylic acids is 1. The van der Waals surface area contributed by atoms with Gasteiger partial charge in [-0.1, -0.05) is 0 Å². The molecule has 4 atom stereocenters. The Hall–Kier alpha value is -0.150. The van der Waals surface area contributed by atoms with Crippen molar-refractivity contribution in [1.29, 1.82) is 0 Å². The first-order chi connectivity index (χ1) is 8.16. The lowest BCUT2D eigenvalue weighted by molar-refractivity contribution is 0.0948. The normalized spacial score (nSPS) is 41.6. The molecule has 0 aliphatic heterocycles. The van der Waals surface area contributed by atoms with Gasteiger partial charge in [0.1, 0.15) is 0 Å². The van der Waals surface area contributed by atoms with Crippen LogP contribution in [0.5, 0.6) is 0 Å². The topological polar surface area (TPSA) is 17.1 Å². The van der Waals surface area contributed by atoms with E-state index in [9.17, 15) is 4.79 Å². The van der Waals surface area contributed by atoms with Gasteiger partial charge in [0, 0.05) is 5.92 Å². The molecule has 3 aliphatic carbocycles. The van der Waals surface area contributed by atoms with Crippen molar-refractivity contribution in [3.8, 4) is 0 Å². The minimum atomic E-state index is 0.395. The summed E-state index contributed by atoms with van der Waals surface area (Å²) in [6.07, 6.45) is 4.21. The summed E-state index contributed by atoms with van der Waals surface area (Å²) in [6.45, 7) is 2.06. The number of aryl methyl sites for hydroxylation is 1. The average molecular weight is 311 g/mol. The maximum atomic E-state index is 12.5. The molecular weight excluding hydrogens is 296 g/mol. The van der Waals surface area contributed by atoms with Gasteiger partial charge in [-0.25, -0.2) is 0 Å². The van der Waals surface area contributed by atoms with Crippen LogP contribution in [-0.4, -0.2) is 5.78 Å². The molecule has 1 nitrogen and oxygen atoms in total. The maximum absolute atomic E-state index is 12.5. The second kappa shape index (κ2) is 3.45. The van der Waals surface area contributed by atoms with Crippen LogP contribution in [0.3, 0.4) is 0 Å². The fraction of sp³-hybridized carbons (Fsp3) is 0.643. The van der Waals surface area contributed by atoms with Crippen molar-refractivity contribution in [3.63, 3.8) is 0 Å². The van der Waals surface area contributed by atoms with E-state index in [-0.39, 0.29) is 0 Å². The zero-order valence-electron chi connectivity index (χ0n) is 9.78. The molecule has 0 amide bonds. The van der Waals surface area contributed by atoms with E-state index in [1.54, 1.807) is 11.3 Å². The van der Waals surface area contributed by atoms with Crippen LogP contribution >= 0.6 is 27.3 Å². The van der Waals surface area contributed by atoms with Crippen LogP contribution in [-0.2, 0) is 0 Å². The summed E-state index contributed by atoms with van der Waals surface area (Å²) in [5.74, 6) is 4.15. The molecule has 3 fully saturated rings. The van der Waals surface area contributed by atoms with Crippen molar-refractivity contribution in [2.75, 3.05) is 0 Å². The summed E-state index contributed by atoms with van der Waals surface area (Å²) in [4.78, 5) is 13.5. The van der Waals surface area contributed by atoms with Gasteiger partial charge >= 0.3 is 0 Å². The van der Waals surface area contributed by atoms with Gasteiger partial charge in [-0.05, 0) is 77.4 Å². The molecule has 1 aromatic rings. The molecule has 17 heavy (non-hydrogen) atoms. The molecule has 1 aromatic heterocycles. The molecule has 4 unspecified atom stereocenters. The molecule has 90 valence electrons. The minimum absolute atomic E-state index is 0.395. The van der Waals surface area contributed by atoms with Gasteiger partial charge < -0.3 is 0 Å². The molecule has 3 aliphatic rings. The number of thiophene rings is 1. The molecule has 1 heterocycles. The van der Waals surface area contributed by atoms with E-state index in [2.05, 4.69) is 28.9 Å². The Labute approximate surface area is 114 Å². The van der Waals surface area contributed by atoms with Crippen LogP contribution in [0.4, 0.5) is 0 Å². The molecule has 2 bridgehead atoms. The third kappa shape index (κ3) is 1.39. The molecule has 0 spiro atoms. The summed E-state index contributed by atoms with van der Waals surface area (Å²) < 4.78 is 1.12. The maximum Gasteiger partial charge on any atom is 0.176 e. The van der Waals surface area contributed by atoms with E-state index in [4.69, 9.17) is 0 Å². The van der Waals surface area contributed by atoms with Gasteiger partial charge in [-0.2, -0.15) is 0 Å². The number of fused-ring (bicyclic) bond motifs is 5. The van der Waals surface area contributed by atoms with Crippen LogP contribution in [0.25, 0.3) is 0 Å². The van der Waals surface area contributed by atoms with E-state index in [0.29, 0.717) is 11.7 Å². The van der Waals surface area contributed by atoms with Crippen molar-refractivity contribution >= 4 is 33.0 Å². The number of carbonyl (C=O) groups is 1. The highest BCUT2D eigenvalue weighted by molar-refractivity contribution is 9.11. The molecule has 0 aromatic carbocycles. The molecule has 0 saturated heterocycles. The summed E-state index contributed by atoms with van der Waals surface area (Å²) in [6, 6.07) is 2.06. The van der Waals surface area contributed by atoms with Gasteiger partial charge in [0.15, 0.2) is 5.78 Å². The molecular formula is C14H15BrOS. The largest absolute Gasteiger partial charge is 0.293 e. The third-order valence-electron chi connectivity index (χ3n) is 5.14. The second-order valence-electron chi connectivity index (χ2n) is 5.95. The molecule has 0 radical (unpaired) electrons. The lowest BCUT2D eigenvalue weighted by atomic mass is 9.99. The minimum Gasteiger partial charge on any atom is -0.293 e. The Morgan fingerprint density at radius 1 is 1.35 bits per heavy atom. The number of ketones is 1. The first-order valence-electron chi connectivity index (χ1n) is 6.47. The fourth-order valence-corrected chi connectivity index (χ4v) is 5.94. The second-order valence-corrected chi connectivity index (χ2v) is 8.32. The zero-order valence-corrected chi connectivity index (χ0v) is 12.2. The molecule has 3 saturated carbocycles.